The summed E-state index contributed by atoms with van der Waals surface area (Å²) < 4.78 is 6.81. The van der Waals surface area contributed by atoms with Crippen LogP contribution in [0.2, 0.25) is 0 Å². The van der Waals surface area contributed by atoms with Crippen LogP contribution in [0.4, 0.5) is 0 Å². The number of fused-ring (bicyclic) bond motifs is 1. The average Bonchev–Trinajstić information content (AvgIpc) is 3.07. The molecule has 0 fully saturated rings. The summed E-state index contributed by atoms with van der Waals surface area (Å²) in [6, 6.07) is 17.5. The first-order chi connectivity index (χ1) is 11.8. The van der Waals surface area contributed by atoms with Gasteiger partial charge in [0.2, 0.25) is 5.91 Å². The molecule has 1 atom stereocenters. The molecule has 5 nitrogen and oxygen atoms in total. The monoisotopic (exact) mass is 337 g/mol. The van der Waals surface area contributed by atoms with E-state index in [2.05, 4.69) is 10.2 Å². The summed E-state index contributed by atoms with van der Waals surface area (Å²) in [7, 11) is 1.64. The second kappa shape index (κ2) is 6.13. The van der Waals surface area contributed by atoms with Crippen LogP contribution in [0, 0.1) is 0 Å². The lowest BCUT2D eigenvalue weighted by Crippen LogP contribution is -2.20. The number of ether oxygens (including phenoxy) is 1. The molecule has 24 heavy (non-hydrogen) atoms. The van der Waals surface area contributed by atoms with Crippen molar-refractivity contribution in [2.75, 3.05) is 7.11 Å². The average molecular weight is 337 g/mol. The molecular formula is C18H15N3O2S. The van der Waals surface area contributed by atoms with E-state index in [0.717, 1.165) is 16.9 Å². The Morgan fingerprint density at radius 2 is 1.83 bits per heavy atom. The lowest BCUT2D eigenvalue weighted by Gasteiger charge is -2.22. The van der Waals surface area contributed by atoms with Gasteiger partial charge in [-0.3, -0.25) is 4.79 Å². The molecule has 1 aliphatic rings. The number of carbonyl (C=O) groups excluding carboxylic acids is 1. The van der Waals surface area contributed by atoms with Crippen LogP contribution in [-0.2, 0) is 0 Å². The Labute approximate surface area is 143 Å². The van der Waals surface area contributed by atoms with Crippen molar-refractivity contribution >= 4 is 17.7 Å². The van der Waals surface area contributed by atoms with E-state index in [0.29, 0.717) is 17.4 Å². The van der Waals surface area contributed by atoms with Crippen LogP contribution in [0.3, 0.4) is 0 Å². The molecule has 1 unspecified atom stereocenters. The molecule has 0 amide bonds. The molecule has 0 saturated carbocycles. The van der Waals surface area contributed by atoms with Crippen LogP contribution in [0.1, 0.15) is 22.0 Å². The quantitative estimate of drug-likeness (QED) is 0.727. The number of methoxy groups -OCH3 is 1. The Balaban J connectivity index is 1.66. The van der Waals surface area contributed by atoms with Crippen molar-refractivity contribution in [2.45, 2.75) is 16.8 Å². The van der Waals surface area contributed by atoms with E-state index in [1.807, 2.05) is 54.6 Å². The summed E-state index contributed by atoms with van der Waals surface area (Å²) in [5, 5.41) is 9.14. The first-order valence-corrected chi connectivity index (χ1v) is 8.49. The predicted octanol–water partition coefficient (Wildman–Crippen LogP) is 3.83. The van der Waals surface area contributed by atoms with Gasteiger partial charge in [0.1, 0.15) is 5.75 Å². The highest BCUT2D eigenvalue weighted by Gasteiger charge is 2.31. The third-order valence-corrected chi connectivity index (χ3v) is 5.21. The highest BCUT2D eigenvalue weighted by Crippen LogP contribution is 2.42. The minimum Gasteiger partial charge on any atom is -0.497 e. The van der Waals surface area contributed by atoms with Gasteiger partial charge < -0.3 is 4.74 Å². The van der Waals surface area contributed by atoms with Gasteiger partial charge >= 0.3 is 0 Å². The lowest BCUT2D eigenvalue weighted by molar-refractivity contribution is 0.0888. The van der Waals surface area contributed by atoms with E-state index in [4.69, 9.17) is 4.74 Å². The molecule has 0 radical (unpaired) electrons. The second-order valence-corrected chi connectivity index (χ2v) is 6.66. The number of nitrogens with zero attached hydrogens (tertiary/aromatic N) is 3. The normalized spacial score (nSPS) is 16.7. The van der Waals surface area contributed by atoms with Crippen molar-refractivity contribution < 1.29 is 9.53 Å². The molecule has 3 aromatic rings. The molecule has 1 aromatic heterocycles. The summed E-state index contributed by atoms with van der Waals surface area (Å²) in [6.07, 6.45) is 0.419. The third-order valence-electron chi connectivity index (χ3n) is 4.01. The Kier molecular flexibility index (Phi) is 3.82. The summed E-state index contributed by atoms with van der Waals surface area (Å²) in [5.74, 6) is 1.44. The van der Waals surface area contributed by atoms with Gasteiger partial charge in [-0.15, -0.1) is 10.2 Å². The highest BCUT2D eigenvalue weighted by molar-refractivity contribution is 7.99. The molecule has 2 heterocycles. The maximum absolute atomic E-state index is 12.7. The van der Waals surface area contributed by atoms with Gasteiger partial charge in [-0.25, -0.2) is 4.57 Å². The maximum atomic E-state index is 12.7. The summed E-state index contributed by atoms with van der Waals surface area (Å²) >= 11 is 1.57. The second-order valence-electron chi connectivity index (χ2n) is 5.49. The van der Waals surface area contributed by atoms with Crippen LogP contribution in [0.25, 0.3) is 11.4 Å². The minimum atomic E-state index is 0.0217. The lowest BCUT2D eigenvalue weighted by atomic mass is 10.1. The Hall–Kier alpha value is -2.60. The van der Waals surface area contributed by atoms with Crippen molar-refractivity contribution in [1.82, 2.24) is 14.8 Å². The van der Waals surface area contributed by atoms with E-state index in [-0.39, 0.29) is 11.2 Å². The van der Waals surface area contributed by atoms with Gasteiger partial charge in [-0.05, 0) is 17.7 Å². The number of hydrogen-bond acceptors (Lipinski definition) is 5. The van der Waals surface area contributed by atoms with Crippen LogP contribution in [-0.4, -0.2) is 27.8 Å². The van der Waals surface area contributed by atoms with E-state index in [1.165, 1.54) is 0 Å². The fourth-order valence-electron chi connectivity index (χ4n) is 2.77. The van der Waals surface area contributed by atoms with E-state index in [1.54, 1.807) is 23.4 Å². The first kappa shape index (κ1) is 15.0. The maximum Gasteiger partial charge on any atom is 0.235 e. The predicted molar refractivity (Wildman–Crippen MR) is 92.3 cm³/mol. The van der Waals surface area contributed by atoms with Crippen molar-refractivity contribution in [1.29, 1.82) is 0 Å². The number of hydrogen-bond donors (Lipinski definition) is 0. The molecule has 0 bridgehead atoms. The summed E-state index contributed by atoms with van der Waals surface area (Å²) in [4.78, 5) is 12.7. The fraction of sp³-hybridized carbons (Fsp3) is 0.167. The molecule has 1 aliphatic heterocycles. The molecule has 2 aromatic carbocycles. The molecule has 0 spiro atoms. The van der Waals surface area contributed by atoms with Gasteiger partial charge in [0.25, 0.3) is 0 Å². The molecular weight excluding hydrogens is 322 g/mol. The summed E-state index contributed by atoms with van der Waals surface area (Å²) in [6.45, 7) is 0. The molecule has 0 saturated heterocycles. The van der Waals surface area contributed by atoms with Gasteiger partial charge in [-0.1, -0.05) is 54.2 Å². The molecule has 0 N–H and O–H groups in total. The molecule has 6 heteroatoms. The number of aromatic nitrogens is 3. The standard InChI is InChI=1S/C18H15N3O2S/c1-23-14-9-7-12(8-10-14)15-11-16(22)21-17(19-20-18(21)24-15)13-5-3-2-4-6-13/h2-10,15H,11H2,1H3. The molecule has 120 valence electrons. The first-order valence-electron chi connectivity index (χ1n) is 7.61. The number of carbonyl (C=O) groups is 1. The molecule has 4 rings (SSSR count). The molecule has 0 aliphatic carbocycles. The van der Waals surface area contributed by atoms with Crippen molar-refractivity contribution in [2.24, 2.45) is 0 Å². The SMILES string of the molecule is COc1ccc(C2CC(=O)n3c(nnc3-c3ccccc3)S2)cc1. The van der Waals surface area contributed by atoms with Gasteiger partial charge in [0.15, 0.2) is 11.0 Å². The summed E-state index contributed by atoms with van der Waals surface area (Å²) in [5.41, 5.74) is 1.98. The van der Waals surface area contributed by atoms with Crippen molar-refractivity contribution in [3.8, 4) is 17.1 Å². The number of rotatable bonds is 3. The van der Waals surface area contributed by atoms with Gasteiger partial charge in [-0.2, -0.15) is 0 Å². The number of benzene rings is 2. The van der Waals surface area contributed by atoms with Crippen LogP contribution in [0.5, 0.6) is 5.75 Å². The zero-order valence-corrected chi connectivity index (χ0v) is 13.9. The van der Waals surface area contributed by atoms with E-state index < -0.39 is 0 Å². The topological polar surface area (TPSA) is 57.0 Å². The highest BCUT2D eigenvalue weighted by atomic mass is 32.2. The third kappa shape index (κ3) is 2.59. The van der Waals surface area contributed by atoms with Crippen LogP contribution < -0.4 is 4.74 Å². The smallest absolute Gasteiger partial charge is 0.235 e. The van der Waals surface area contributed by atoms with Crippen LogP contribution in [0.15, 0.2) is 59.8 Å². The fourth-order valence-corrected chi connectivity index (χ4v) is 3.92. The largest absolute Gasteiger partial charge is 0.497 e. The Morgan fingerprint density at radius 3 is 2.54 bits per heavy atom. The zero-order chi connectivity index (χ0) is 16.5. The van der Waals surface area contributed by atoms with E-state index >= 15 is 0 Å². The van der Waals surface area contributed by atoms with Gasteiger partial charge in [0, 0.05) is 17.2 Å². The van der Waals surface area contributed by atoms with Gasteiger partial charge in [0.05, 0.1) is 7.11 Å². The Morgan fingerprint density at radius 1 is 1.08 bits per heavy atom. The van der Waals surface area contributed by atoms with Crippen molar-refractivity contribution in [3.05, 3.63) is 60.2 Å². The van der Waals surface area contributed by atoms with E-state index in [9.17, 15) is 4.79 Å². The zero-order valence-electron chi connectivity index (χ0n) is 13.0. The van der Waals surface area contributed by atoms with Crippen LogP contribution >= 0.6 is 11.8 Å². The minimum absolute atomic E-state index is 0.0217. The Bertz CT molecular complexity index is 875. The number of thioether (sulfide) groups is 1. The van der Waals surface area contributed by atoms with Crippen molar-refractivity contribution in [3.63, 3.8) is 0 Å².